The second-order valence-electron chi connectivity index (χ2n) is 5.80. The van der Waals surface area contributed by atoms with E-state index in [4.69, 9.17) is 9.47 Å². The molecular weight excluding hydrogens is 318 g/mol. The number of carbonyl (C=O) groups is 1. The van der Waals surface area contributed by atoms with Crippen molar-refractivity contribution in [2.45, 2.75) is 6.42 Å². The van der Waals surface area contributed by atoms with Crippen LogP contribution in [0.15, 0.2) is 48.0 Å². The molecule has 0 fully saturated rings. The Kier molecular flexibility index (Phi) is 5.36. The van der Waals surface area contributed by atoms with E-state index < -0.39 is 0 Å². The van der Waals surface area contributed by atoms with E-state index in [0.29, 0.717) is 18.6 Å². The molecule has 5 heteroatoms. The van der Waals surface area contributed by atoms with Gasteiger partial charge < -0.3 is 19.9 Å². The van der Waals surface area contributed by atoms with E-state index >= 15 is 0 Å². The smallest absolute Gasteiger partial charge is 0.157 e. The van der Waals surface area contributed by atoms with Crippen LogP contribution in [0.5, 0.6) is 17.2 Å². The number of phenols is 1. The first-order valence-electron chi connectivity index (χ1n) is 8.19. The minimum atomic E-state index is -0.0725. The second-order valence-corrected chi connectivity index (χ2v) is 5.80. The lowest BCUT2D eigenvalue weighted by Gasteiger charge is -2.23. The van der Waals surface area contributed by atoms with E-state index in [2.05, 4.69) is 5.32 Å². The molecule has 5 nitrogen and oxygen atoms in total. The average molecular weight is 339 g/mol. The number of para-hydroxylation sites is 1. The summed E-state index contributed by atoms with van der Waals surface area (Å²) in [5.74, 6) is 1.14. The van der Waals surface area contributed by atoms with Gasteiger partial charge in [-0.3, -0.25) is 4.79 Å². The first-order valence-corrected chi connectivity index (χ1v) is 8.19. The van der Waals surface area contributed by atoms with Gasteiger partial charge in [0.05, 0.1) is 12.7 Å². The summed E-state index contributed by atoms with van der Waals surface area (Å²) < 4.78 is 11.3. The number of methoxy groups -OCH3 is 1. The summed E-state index contributed by atoms with van der Waals surface area (Å²) in [6, 6.07) is 12.7. The fraction of sp³-hybridized carbons (Fsp3) is 0.250. The Morgan fingerprint density at radius 1 is 1.16 bits per heavy atom. The predicted octanol–water partition coefficient (Wildman–Crippen LogP) is 3.04. The van der Waals surface area contributed by atoms with Gasteiger partial charge in [-0.1, -0.05) is 24.3 Å². The maximum atomic E-state index is 11.2. The number of benzene rings is 2. The molecule has 3 rings (SSSR count). The molecule has 0 saturated heterocycles. The van der Waals surface area contributed by atoms with Crippen molar-refractivity contribution in [2.24, 2.45) is 0 Å². The zero-order valence-corrected chi connectivity index (χ0v) is 14.1. The van der Waals surface area contributed by atoms with Crippen LogP contribution in [0.1, 0.15) is 22.3 Å². The Morgan fingerprint density at radius 3 is 2.76 bits per heavy atom. The third-order valence-corrected chi connectivity index (χ3v) is 4.33. The fourth-order valence-electron chi connectivity index (χ4n) is 3.01. The van der Waals surface area contributed by atoms with Gasteiger partial charge in [0.15, 0.2) is 6.29 Å². The zero-order chi connectivity index (χ0) is 17.6. The van der Waals surface area contributed by atoms with Gasteiger partial charge in [0.1, 0.15) is 23.9 Å². The SMILES string of the molecule is COc1ccccc1C1=C(COc2cccc(O)c2C=O)CCNC1. The van der Waals surface area contributed by atoms with E-state index in [1.54, 1.807) is 19.2 Å². The van der Waals surface area contributed by atoms with Crippen LogP contribution in [0.3, 0.4) is 0 Å². The number of carbonyl (C=O) groups excluding carboxylic acids is 1. The molecular formula is C20H21NO4. The van der Waals surface area contributed by atoms with Crippen molar-refractivity contribution in [1.82, 2.24) is 5.32 Å². The number of hydrogen-bond donors (Lipinski definition) is 2. The summed E-state index contributed by atoms with van der Waals surface area (Å²) in [5, 5.41) is 13.2. The van der Waals surface area contributed by atoms with Crippen LogP contribution in [0, 0.1) is 0 Å². The lowest BCUT2D eigenvalue weighted by molar-refractivity contribution is 0.111. The highest BCUT2D eigenvalue weighted by atomic mass is 16.5. The molecule has 0 amide bonds. The van der Waals surface area contributed by atoms with Crippen LogP contribution in [0.25, 0.3) is 5.57 Å². The minimum absolute atomic E-state index is 0.0725. The van der Waals surface area contributed by atoms with Crippen LogP contribution in [0.2, 0.25) is 0 Å². The Bertz CT molecular complexity index is 798. The van der Waals surface area contributed by atoms with Gasteiger partial charge in [-0.15, -0.1) is 0 Å². The van der Waals surface area contributed by atoms with Crippen molar-refractivity contribution in [3.8, 4) is 17.2 Å². The molecule has 130 valence electrons. The van der Waals surface area contributed by atoms with Gasteiger partial charge in [-0.2, -0.15) is 0 Å². The molecule has 1 heterocycles. The van der Waals surface area contributed by atoms with Crippen LogP contribution in [-0.4, -0.2) is 38.2 Å². The number of aromatic hydroxyl groups is 1. The molecule has 0 saturated carbocycles. The molecule has 0 spiro atoms. The molecule has 0 aliphatic carbocycles. The lowest BCUT2D eigenvalue weighted by Crippen LogP contribution is -2.26. The topological polar surface area (TPSA) is 67.8 Å². The highest BCUT2D eigenvalue weighted by Gasteiger charge is 2.18. The van der Waals surface area contributed by atoms with E-state index in [0.717, 1.165) is 42.0 Å². The molecule has 1 aliphatic heterocycles. The van der Waals surface area contributed by atoms with Crippen molar-refractivity contribution < 1.29 is 19.4 Å². The van der Waals surface area contributed by atoms with E-state index in [1.807, 2.05) is 24.3 Å². The number of aldehydes is 1. The standard InChI is InChI=1S/C20H21NO4/c1-24-19-7-3-2-5-15(19)16-11-21-10-9-14(16)13-25-20-8-4-6-18(23)17(20)12-22/h2-8,12,21,23H,9-11,13H2,1H3. The normalized spacial score (nSPS) is 14.3. The molecule has 2 aromatic rings. The molecule has 2 aromatic carbocycles. The van der Waals surface area contributed by atoms with Gasteiger partial charge >= 0.3 is 0 Å². The molecule has 0 radical (unpaired) electrons. The van der Waals surface area contributed by atoms with Crippen LogP contribution in [0.4, 0.5) is 0 Å². The quantitative estimate of drug-likeness (QED) is 0.792. The zero-order valence-electron chi connectivity index (χ0n) is 14.1. The van der Waals surface area contributed by atoms with Crippen LogP contribution >= 0.6 is 0 Å². The first-order chi connectivity index (χ1) is 12.2. The summed E-state index contributed by atoms with van der Waals surface area (Å²) in [6.45, 7) is 1.97. The van der Waals surface area contributed by atoms with Crippen LogP contribution in [-0.2, 0) is 0 Å². The summed E-state index contributed by atoms with van der Waals surface area (Å²) in [6.07, 6.45) is 1.46. The monoisotopic (exact) mass is 339 g/mol. The van der Waals surface area contributed by atoms with Crippen LogP contribution < -0.4 is 14.8 Å². The molecule has 2 N–H and O–H groups in total. The molecule has 1 aliphatic rings. The van der Waals surface area contributed by atoms with E-state index in [9.17, 15) is 9.90 Å². The Hall–Kier alpha value is -2.79. The molecule has 0 aromatic heterocycles. The first kappa shape index (κ1) is 17.0. The van der Waals surface area contributed by atoms with Gasteiger partial charge in [-0.05, 0) is 42.3 Å². The van der Waals surface area contributed by atoms with Crippen molar-refractivity contribution in [2.75, 3.05) is 26.8 Å². The highest BCUT2D eigenvalue weighted by molar-refractivity contribution is 5.83. The van der Waals surface area contributed by atoms with Gasteiger partial charge in [0, 0.05) is 12.1 Å². The van der Waals surface area contributed by atoms with Gasteiger partial charge in [0.25, 0.3) is 0 Å². The number of phenolic OH excluding ortho intramolecular Hbond substituents is 1. The van der Waals surface area contributed by atoms with E-state index in [-0.39, 0.29) is 11.3 Å². The van der Waals surface area contributed by atoms with Crippen molar-refractivity contribution >= 4 is 11.9 Å². The van der Waals surface area contributed by atoms with E-state index in [1.165, 1.54) is 6.07 Å². The third kappa shape index (κ3) is 3.67. The predicted molar refractivity (Wildman–Crippen MR) is 96.4 cm³/mol. The number of rotatable bonds is 6. The second kappa shape index (κ2) is 7.85. The summed E-state index contributed by atoms with van der Waals surface area (Å²) in [4.78, 5) is 11.2. The highest BCUT2D eigenvalue weighted by Crippen LogP contribution is 2.31. The fourth-order valence-corrected chi connectivity index (χ4v) is 3.01. The Labute approximate surface area is 146 Å². The van der Waals surface area contributed by atoms with Crippen molar-refractivity contribution in [3.63, 3.8) is 0 Å². The Balaban J connectivity index is 1.90. The van der Waals surface area contributed by atoms with Gasteiger partial charge in [0.2, 0.25) is 0 Å². The molecule has 0 bridgehead atoms. The average Bonchev–Trinajstić information content (AvgIpc) is 2.66. The van der Waals surface area contributed by atoms with Crippen molar-refractivity contribution in [1.29, 1.82) is 0 Å². The maximum absolute atomic E-state index is 11.2. The molecule has 0 unspecified atom stereocenters. The van der Waals surface area contributed by atoms with Gasteiger partial charge in [-0.25, -0.2) is 0 Å². The summed E-state index contributed by atoms with van der Waals surface area (Å²) >= 11 is 0. The maximum Gasteiger partial charge on any atom is 0.157 e. The number of nitrogens with one attached hydrogen (secondary N) is 1. The summed E-state index contributed by atoms with van der Waals surface area (Å²) in [7, 11) is 1.66. The number of hydrogen-bond acceptors (Lipinski definition) is 5. The molecule has 25 heavy (non-hydrogen) atoms. The molecule has 0 atom stereocenters. The minimum Gasteiger partial charge on any atom is -0.507 e. The number of ether oxygens (including phenoxy) is 2. The lowest BCUT2D eigenvalue weighted by atomic mass is 9.94. The largest absolute Gasteiger partial charge is 0.507 e. The third-order valence-electron chi connectivity index (χ3n) is 4.33. The Morgan fingerprint density at radius 2 is 1.96 bits per heavy atom. The summed E-state index contributed by atoms with van der Waals surface area (Å²) in [5.41, 5.74) is 3.53. The van der Waals surface area contributed by atoms with Crippen molar-refractivity contribution in [3.05, 3.63) is 59.2 Å².